The summed E-state index contributed by atoms with van der Waals surface area (Å²) in [7, 11) is -7.77. The van der Waals surface area contributed by atoms with Crippen LogP contribution in [0.4, 0.5) is 0 Å². The van der Waals surface area contributed by atoms with Gasteiger partial charge in [-0.1, -0.05) is 6.92 Å². The van der Waals surface area contributed by atoms with Crippen LogP contribution >= 0.6 is 7.82 Å². The Balaban J connectivity index is 3.07. The minimum atomic E-state index is -5.08. The first-order chi connectivity index (χ1) is 7.65. The Morgan fingerprint density at radius 1 is 1.53 bits per heavy atom. The molecule has 1 aromatic heterocycles. The summed E-state index contributed by atoms with van der Waals surface area (Å²) >= 11 is 0. The standard InChI is InChI=1S/C7H13N2O6PS/c1-3-7(9-5-4-8(2)6-9)17(13,14)15-16(10,11)12/h4-7H,3H2,1-2H3,(H-,10,11,12)/p+1. The van der Waals surface area contributed by atoms with E-state index in [2.05, 4.69) is 3.97 Å². The Morgan fingerprint density at radius 3 is 2.47 bits per heavy atom. The van der Waals surface area contributed by atoms with E-state index in [9.17, 15) is 13.0 Å². The largest absolute Gasteiger partial charge is 0.484 e. The first-order valence-corrected chi connectivity index (χ1v) is 7.69. The zero-order chi connectivity index (χ0) is 13.3. The Hall–Kier alpha value is -0.730. The SMILES string of the molecule is CCC(n1cc[n+](C)c1)S(=O)(=O)OP(=O)(O)O. The lowest BCUT2D eigenvalue weighted by atomic mass is 10.5. The van der Waals surface area contributed by atoms with Crippen molar-refractivity contribution >= 4 is 17.9 Å². The van der Waals surface area contributed by atoms with Crippen LogP contribution < -0.4 is 4.57 Å². The molecule has 1 rings (SSSR count). The first kappa shape index (κ1) is 14.3. The molecule has 0 amide bonds. The highest BCUT2D eigenvalue weighted by atomic mass is 32.2. The highest BCUT2D eigenvalue weighted by Gasteiger charge is 2.36. The topological polar surface area (TPSA) is 110 Å². The van der Waals surface area contributed by atoms with E-state index < -0.39 is 23.3 Å². The fourth-order valence-corrected chi connectivity index (χ4v) is 3.70. The predicted octanol–water partition coefficient (Wildman–Crippen LogP) is -0.340. The maximum Gasteiger partial charge on any atom is 0.484 e. The molecule has 0 spiro atoms. The van der Waals surface area contributed by atoms with Crippen molar-refractivity contribution in [2.75, 3.05) is 0 Å². The molecule has 0 saturated carbocycles. The number of aromatic nitrogens is 2. The van der Waals surface area contributed by atoms with Crippen LogP contribution in [-0.2, 0) is 25.7 Å². The summed E-state index contributed by atoms with van der Waals surface area (Å²) in [6.45, 7) is 1.57. The summed E-state index contributed by atoms with van der Waals surface area (Å²) in [6.07, 6.45) is 4.69. The summed E-state index contributed by atoms with van der Waals surface area (Å²) < 4.78 is 40.6. The molecule has 0 saturated heterocycles. The normalized spacial score (nSPS) is 14.8. The van der Waals surface area contributed by atoms with E-state index in [1.165, 1.54) is 17.1 Å². The van der Waals surface area contributed by atoms with Gasteiger partial charge in [0.2, 0.25) is 11.7 Å². The third kappa shape index (κ3) is 3.90. The molecule has 0 aliphatic carbocycles. The number of phosphoric acid groups is 1. The van der Waals surface area contributed by atoms with Crippen molar-refractivity contribution in [3.8, 4) is 0 Å². The third-order valence-corrected chi connectivity index (χ3v) is 4.86. The number of aryl methyl sites for hydroxylation is 1. The number of hydrogen-bond donors (Lipinski definition) is 2. The van der Waals surface area contributed by atoms with Crippen LogP contribution in [0.1, 0.15) is 18.7 Å². The molecule has 98 valence electrons. The third-order valence-electron chi connectivity index (χ3n) is 2.01. The molecule has 2 N–H and O–H groups in total. The Labute approximate surface area is 98.8 Å². The van der Waals surface area contributed by atoms with Crippen LogP contribution in [0.3, 0.4) is 0 Å². The first-order valence-electron chi connectivity index (χ1n) is 4.69. The predicted molar refractivity (Wildman–Crippen MR) is 57.0 cm³/mol. The summed E-state index contributed by atoms with van der Waals surface area (Å²) in [5, 5.41) is -1.17. The molecule has 1 heterocycles. The van der Waals surface area contributed by atoms with Crippen molar-refractivity contribution in [2.24, 2.45) is 7.05 Å². The summed E-state index contributed by atoms with van der Waals surface area (Å²) in [5.41, 5.74) is 0. The van der Waals surface area contributed by atoms with Crippen LogP contribution in [0.5, 0.6) is 0 Å². The summed E-state index contributed by atoms with van der Waals surface area (Å²) in [6, 6.07) is 0. The zero-order valence-electron chi connectivity index (χ0n) is 9.29. The number of hydrogen-bond acceptors (Lipinski definition) is 4. The van der Waals surface area contributed by atoms with Gasteiger partial charge < -0.3 is 9.79 Å². The molecule has 0 aliphatic rings. The molecule has 1 atom stereocenters. The van der Waals surface area contributed by atoms with Crippen molar-refractivity contribution in [1.82, 2.24) is 4.57 Å². The fraction of sp³-hybridized carbons (Fsp3) is 0.571. The average molecular weight is 285 g/mol. The smallest absolute Gasteiger partial charge is 0.302 e. The molecule has 0 radical (unpaired) electrons. The Morgan fingerprint density at radius 2 is 2.12 bits per heavy atom. The van der Waals surface area contributed by atoms with E-state index in [1.807, 2.05) is 0 Å². The summed E-state index contributed by atoms with van der Waals surface area (Å²) in [4.78, 5) is 17.1. The van der Waals surface area contributed by atoms with Gasteiger partial charge in [-0.15, -0.1) is 0 Å². The van der Waals surface area contributed by atoms with Crippen molar-refractivity contribution in [3.63, 3.8) is 0 Å². The van der Waals surface area contributed by atoms with Crippen LogP contribution in [0.15, 0.2) is 18.7 Å². The highest BCUT2D eigenvalue weighted by molar-refractivity contribution is 7.90. The van der Waals surface area contributed by atoms with E-state index in [4.69, 9.17) is 9.79 Å². The number of rotatable bonds is 5. The van der Waals surface area contributed by atoms with E-state index in [-0.39, 0.29) is 6.42 Å². The fourth-order valence-electron chi connectivity index (χ4n) is 1.39. The lowest BCUT2D eigenvalue weighted by Crippen LogP contribution is -2.26. The lowest BCUT2D eigenvalue weighted by molar-refractivity contribution is -0.671. The zero-order valence-corrected chi connectivity index (χ0v) is 11.0. The summed E-state index contributed by atoms with van der Waals surface area (Å²) in [5.74, 6) is 0. The van der Waals surface area contributed by atoms with Gasteiger partial charge in [0.25, 0.3) is 0 Å². The van der Waals surface area contributed by atoms with E-state index in [0.29, 0.717) is 0 Å². The van der Waals surface area contributed by atoms with Crippen molar-refractivity contribution in [3.05, 3.63) is 18.7 Å². The van der Waals surface area contributed by atoms with E-state index >= 15 is 0 Å². The van der Waals surface area contributed by atoms with E-state index in [0.717, 1.165) is 0 Å². The number of nitrogens with zero attached hydrogens (tertiary/aromatic N) is 2. The second-order valence-corrected chi connectivity index (χ2v) is 6.55. The maximum absolute atomic E-state index is 11.6. The minimum Gasteiger partial charge on any atom is -0.302 e. The maximum atomic E-state index is 11.6. The Kier molecular flexibility index (Phi) is 4.11. The van der Waals surface area contributed by atoms with Gasteiger partial charge in [-0.2, -0.15) is 12.4 Å². The minimum absolute atomic E-state index is 0.122. The molecular weight excluding hydrogens is 271 g/mol. The molecule has 17 heavy (non-hydrogen) atoms. The van der Waals surface area contributed by atoms with Gasteiger partial charge >= 0.3 is 17.9 Å². The molecule has 0 bridgehead atoms. The van der Waals surface area contributed by atoms with Crippen LogP contribution in [-0.4, -0.2) is 22.8 Å². The van der Waals surface area contributed by atoms with Gasteiger partial charge in [0.1, 0.15) is 12.4 Å². The van der Waals surface area contributed by atoms with Gasteiger partial charge in [-0.25, -0.2) is 13.7 Å². The second-order valence-electron chi connectivity index (χ2n) is 3.45. The average Bonchev–Trinajstić information content (AvgIpc) is 2.47. The van der Waals surface area contributed by atoms with Crippen molar-refractivity contribution in [1.29, 1.82) is 0 Å². The van der Waals surface area contributed by atoms with Gasteiger partial charge in [-0.05, 0) is 0 Å². The van der Waals surface area contributed by atoms with Crippen molar-refractivity contribution in [2.45, 2.75) is 18.7 Å². The second kappa shape index (κ2) is 4.87. The molecule has 8 nitrogen and oxygen atoms in total. The molecule has 0 aromatic carbocycles. The molecule has 0 aliphatic heterocycles. The van der Waals surface area contributed by atoms with Crippen LogP contribution in [0, 0.1) is 0 Å². The highest BCUT2D eigenvalue weighted by Crippen LogP contribution is 2.41. The lowest BCUT2D eigenvalue weighted by Gasteiger charge is -2.12. The molecule has 10 heteroatoms. The molecule has 1 aromatic rings. The molecule has 1 unspecified atom stereocenters. The van der Waals surface area contributed by atoms with E-state index in [1.54, 1.807) is 24.7 Å². The van der Waals surface area contributed by atoms with Gasteiger partial charge in [0.15, 0.2) is 0 Å². The monoisotopic (exact) mass is 285 g/mol. The van der Waals surface area contributed by atoms with Crippen molar-refractivity contribution < 1.29 is 31.3 Å². The molecule has 0 fully saturated rings. The Bertz CT molecular complexity index is 532. The quantitative estimate of drug-likeness (QED) is 0.566. The van der Waals surface area contributed by atoms with Crippen LogP contribution in [0.25, 0.3) is 0 Å². The molecular formula is C7H14N2O6PS+. The number of imidazole rings is 1. The van der Waals surface area contributed by atoms with Gasteiger partial charge in [0, 0.05) is 6.42 Å². The van der Waals surface area contributed by atoms with Gasteiger partial charge in [-0.3, -0.25) is 0 Å². The van der Waals surface area contributed by atoms with Crippen LogP contribution in [0.2, 0.25) is 0 Å². The van der Waals surface area contributed by atoms with Gasteiger partial charge in [0.05, 0.1) is 7.05 Å².